The zero-order chi connectivity index (χ0) is 6.41. The van der Waals surface area contributed by atoms with E-state index in [1.807, 2.05) is 0 Å². The van der Waals surface area contributed by atoms with Crippen LogP contribution in [0.25, 0.3) is 0 Å². The minimum atomic E-state index is 0. The van der Waals surface area contributed by atoms with Crippen molar-refractivity contribution in [3.63, 3.8) is 0 Å². The molecule has 0 aliphatic heterocycles. The van der Waals surface area contributed by atoms with Crippen molar-refractivity contribution in [1.82, 2.24) is 0 Å². The van der Waals surface area contributed by atoms with Gasteiger partial charge < -0.3 is 31.6 Å². The molecule has 0 aromatic carbocycles. The van der Waals surface area contributed by atoms with Crippen LogP contribution < -0.4 is 0 Å². The van der Waals surface area contributed by atoms with Crippen LogP contribution in [-0.2, 0) is 98.1 Å². The Morgan fingerprint density at radius 2 is 1.18 bits per heavy atom. The molecule has 0 unspecified atom stereocenters. The Morgan fingerprint density at radius 1 is 0.909 bits per heavy atom. The van der Waals surface area contributed by atoms with Gasteiger partial charge in [-0.15, -0.1) is 0 Å². The maximum atomic E-state index is 2.19. The van der Waals surface area contributed by atoms with E-state index in [1.54, 1.807) is 5.92 Å². The van der Waals surface area contributed by atoms with Gasteiger partial charge in [-0.1, -0.05) is 0 Å². The molecule has 0 saturated heterocycles. The fourth-order valence-corrected chi connectivity index (χ4v) is 0.780. The quantitative estimate of drug-likeness (QED) is 0.661. The molecular formula is C8H15Y3-3. The Labute approximate surface area is 147 Å². The summed E-state index contributed by atoms with van der Waals surface area (Å²) in [4.78, 5) is 0. The molecule has 0 rings (SSSR count). The Morgan fingerprint density at radius 3 is 1.36 bits per heavy atom. The first-order valence-corrected chi connectivity index (χ1v) is 3.18. The summed E-state index contributed by atoms with van der Waals surface area (Å²) in [7, 11) is 0. The number of hydrogen-bond acceptors (Lipinski definition) is 0. The second-order valence-electron chi connectivity index (χ2n) is 2.18. The van der Waals surface area contributed by atoms with E-state index < -0.39 is 0 Å². The normalized spacial score (nSPS) is 7.64. The summed E-state index contributed by atoms with van der Waals surface area (Å²) >= 11 is 0. The van der Waals surface area contributed by atoms with Crippen LogP contribution in [0.4, 0.5) is 0 Å². The third-order valence-corrected chi connectivity index (χ3v) is 1.11. The molecule has 0 N–H and O–H groups in total. The van der Waals surface area contributed by atoms with Gasteiger partial charge in [0.05, 0.1) is 0 Å². The molecule has 0 spiro atoms. The van der Waals surface area contributed by atoms with E-state index >= 15 is 0 Å². The molecule has 11 heavy (non-hydrogen) atoms. The first kappa shape index (κ1) is 23.9. The molecular weight excluding hydrogens is 363 g/mol. The standard InChI is InChI=1S/C8H15.3Y/c1-4-6-8(3)7-5-2;;;/h4-5H,6-7H2,1-3H3;;;/q-3;;;. The smallest absolute Gasteiger partial charge is 0 e. The van der Waals surface area contributed by atoms with Crippen LogP contribution in [0.15, 0.2) is 0 Å². The maximum absolute atomic E-state index is 2.19. The fourth-order valence-electron chi connectivity index (χ4n) is 0.780. The molecule has 0 heterocycles. The number of rotatable bonds is 4. The topological polar surface area (TPSA) is 0 Å². The molecule has 0 amide bonds. The van der Waals surface area contributed by atoms with Gasteiger partial charge in [-0.25, -0.2) is 0 Å². The molecule has 0 aromatic rings. The van der Waals surface area contributed by atoms with Crippen LogP contribution >= 0.6 is 0 Å². The van der Waals surface area contributed by atoms with Crippen molar-refractivity contribution in [2.75, 3.05) is 0 Å². The zero-order valence-electron chi connectivity index (χ0n) is 7.80. The average molecular weight is 378 g/mol. The summed E-state index contributed by atoms with van der Waals surface area (Å²) in [6.45, 7) is 6.39. The second kappa shape index (κ2) is 19.0. The van der Waals surface area contributed by atoms with Crippen LogP contribution in [0.1, 0.15) is 33.6 Å². The van der Waals surface area contributed by atoms with E-state index in [1.165, 1.54) is 12.8 Å². The van der Waals surface area contributed by atoms with Crippen molar-refractivity contribution in [2.24, 2.45) is 0 Å². The van der Waals surface area contributed by atoms with Crippen molar-refractivity contribution < 1.29 is 98.1 Å². The predicted octanol–water partition coefficient (Wildman–Crippen LogP) is 2.80. The molecule has 0 saturated carbocycles. The third kappa shape index (κ3) is 19.6. The molecule has 0 aliphatic carbocycles. The monoisotopic (exact) mass is 378 g/mol. The Bertz CT molecular complexity index is 42.6. The summed E-state index contributed by atoms with van der Waals surface area (Å²) in [6.07, 6.45) is 6.73. The van der Waals surface area contributed by atoms with Gasteiger partial charge in [-0.2, -0.15) is 20.8 Å². The average Bonchev–Trinajstić information content (AvgIpc) is 1.68. The van der Waals surface area contributed by atoms with E-state index in [-0.39, 0.29) is 98.1 Å². The molecule has 0 aromatic heterocycles. The van der Waals surface area contributed by atoms with E-state index in [0.29, 0.717) is 0 Å². The first-order valence-electron chi connectivity index (χ1n) is 3.18. The van der Waals surface area contributed by atoms with Crippen LogP contribution in [0.3, 0.4) is 0 Å². The van der Waals surface area contributed by atoms with Gasteiger partial charge in [0.25, 0.3) is 0 Å². The van der Waals surface area contributed by atoms with Crippen LogP contribution in [0.2, 0.25) is 0 Å². The molecule has 3 heteroatoms. The summed E-state index contributed by atoms with van der Waals surface area (Å²) in [6, 6.07) is 0. The molecule has 0 bridgehead atoms. The van der Waals surface area contributed by atoms with Crippen molar-refractivity contribution in [2.45, 2.75) is 33.6 Å². The summed E-state index contributed by atoms with van der Waals surface area (Å²) in [5.41, 5.74) is 0. The summed E-state index contributed by atoms with van der Waals surface area (Å²) < 4.78 is 0. The molecule has 3 radical (unpaired) electrons. The predicted molar refractivity (Wildman–Crippen MR) is 38.1 cm³/mol. The van der Waals surface area contributed by atoms with Crippen molar-refractivity contribution in [3.8, 4) is 0 Å². The van der Waals surface area contributed by atoms with Gasteiger partial charge in [0.1, 0.15) is 0 Å². The SMILES string of the molecule is C[CH-]C[C-](C)C[CH-]C.[Y].[Y].[Y]. The van der Waals surface area contributed by atoms with Gasteiger partial charge in [0, 0.05) is 98.1 Å². The van der Waals surface area contributed by atoms with Gasteiger partial charge in [0.2, 0.25) is 0 Å². The molecule has 0 fully saturated rings. The second-order valence-corrected chi connectivity index (χ2v) is 2.18. The van der Waals surface area contributed by atoms with Crippen LogP contribution in [0.5, 0.6) is 0 Å². The van der Waals surface area contributed by atoms with E-state index in [9.17, 15) is 0 Å². The Hall–Kier alpha value is 3.31. The van der Waals surface area contributed by atoms with Crippen molar-refractivity contribution >= 4 is 0 Å². The van der Waals surface area contributed by atoms with Crippen LogP contribution in [-0.4, -0.2) is 0 Å². The third-order valence-electron chi connectivity index (χ3n) is 1.11. The molecule has 0 nitrogen and oxygen atoms in total. The summed E-state index contributed by atoms with van der Waals surface area (Å²) in [5.74, 6) is 1.55. The minimum Gasteiger partial charge on any atom is -0.374 e. The molecule has 0 aliphatic rings. The van der Waals surface area contributed by atoms with Crippen molar-refractivity contribution in [1.29, 1.82) is 0 Å². The Balaban J connectivity index is -0.0000000817. The van der Waals surface area contributed by atoms with Gasteiger partial charge in [-0.3, -0.25) is 0 Å². The van der Waals surface area contributed by atoms with Gasteiger partial charge in [-0.05, 0) is 0 Å². The van der Waals surface area contributed by atoms with Crippen LogP contribution in [0, 0.1) is 18.8 Å². The van der Waals surface area contributed by atoms with E-state index in [0.717, 1.165) is 0 Å². The molecule has 59 valence electrons. The molecule has 0 atom stereocenters. The zero-order valence-corrected chi connectivity index (χ0v) is 16.3. The Kier molecular flexibility index (Phi) is 41.1. The van der Waals surface area contributed by atoms with Gasteiger partial charge in [0.15, 0.2) is 0 Å². The fraction of sp³-hybridized carbons (Fsp3) is 0.625. The minimum absolute atomic E-state index is 0. The first-order chi connectivity index (χ1) is 3.81. The van der Waals surface area contributed by atoms with Crippen molar-refractivity contribution in [3.05, 3.63) is 18.8 Å². The van der Waals surface area contributed by atoms with E-state index in [4.69, 9.17) is 0 Å². The van der Waals surface area contributed by atoms with Gasteiger partial charge >= 0.3 is 0 Å². The van der Waals surface area contributed by atoms with E-state index in [2.05, 4.69) is 33.6 Å². The largest absolute Gasteiger partial charge is 0.374 e. The number of hydrogen-bond donors (Lipinski definition) is 0. The summed E-state index contributed by atoms with van der Waals surface area (Å²) in [5, 5.41) is 0. The maximum Gasteiger partial charge on any atom is 0 e.